The normalized spacial score (nSPS) is 14.9. The Morgan fingerprint density at radius 3 is 1.96 bits per heavy atom. The van der Waals surface area contributed by atoms with Gasteiger partial charge < -0.3 is 31.1 Å². The van der Waals surface area contributed by atoms with Crippen LogP contribution in [-0.2, 0) is 28.6 Å². The standard InChI is InChI=1S/C20H38NO6.ClH/c1-10-26-16(22)15(2)13-20(5,18(24)25-9)14-19(3,4)17(23)27-12-11-21(6,7)8;/h15H,10-14H2,1-9H3;1H/q+1;/p-1. The minimum atomic E-state index is -1.01. The van der Waals surface area contributed by atoms with Crippen molar-refractivity contribution in [2.45, 2.75) is 47.5 Å². The van der Waals surface area contributed by atoms with Crippen molar-refractivity contribution in [3.8, 4) is 0 Å². The van der Waals surface area contributed by atoms with Crippen molar-refractivity contribution in [1.82, 2.24) is 0 Å². The van der Waals surface area contributed by atoms with E-state index in [9.17, 15) is 14.4 Å². The zero-order valence-corrected chi connectivity index (χ0v) is 19.6. The summed E-state index contributed by atoms with van der Waals surface area (Å²) in [5.74, 6) is -1.67. The predicted octanol–water partition coefficient (Wildman–Crippen LogP) is -0.575. The summed E-state index contributed by atoms with van der Waals surface area (Å²) < 4.78 is 16.1. The fraction of sp³-hybridized carbons (Fsp3) is 0.850. The van der Waals surface area contributed by atoms with Crippen LogP contribution in [-0.4, -0.2) is 70.4 Å². The van der Waals surface area contributed by atoms with Crippen LogP contribution in [0, 0.1) is 16.7 Å². The number of esters is 3. The van der Waals surface area contributed by atoms with E-state index < -0.39 is 22.7 Å². The Bertz CT molecular complexity index is 529. The van der Waals surface area contributed by atoms with Gasteiger partial charge in [-0.1, -0.05) is 6.92 Å². The average Bonchev–Trinajstić information content (AvgIpc) is 2.52. The Kier molecular flexibility index (Phi) is 12.0. The Balaban J connectivity index is 0. The molecule has 0 fully saturated rings. The van der Waals surface area contributed by atoms with Gasteiger partial charge in [-0.2, -0.15) is 0 Å². The lowest BCUT2D eigenvalue weighted by Gasteiger charge is -2.35. The highest BCUT2D eigenvalue weighted by molar-refractivity contribution is 5.81. The molecule has 0 N–H and O–H groups in total. The van der Waals surface area contributed by atoms with Gasteiger partial charge in [0.25, 0.3) is 0 Å². The molecule has 8 heteroatoms. The third kappa shape index (κ3) is 9.73. The molecular weight excluding hydrogens is 386 g/mol. The van der Waals surface area contributed by atoms with Crippen LogP contribution < -0.4 is 12.4 Å². The zero-order valence-electron chi connectivity index (χ0n) is 18.9. The highest BCUT2D eigenvalue weighted by Crippen LogP contribution is 2.40. The highest BCUT2D eigenvalue weighted by atomic mass is 35.5. The molecule has 0 aliphatic rings. The van der Waals surface area contributed by atoms with E-state index in [-0.39, 0.29) is 43.8 Å². The third-order valence-corrected chi connectivity index (χ3v) is 4.50. The zero-order chi connectivity index (χ0) is 21.5. The van der Waals surface area contributed by atoms with Crippen LogP contribution in [0.5, 0.6) is 0 Å². The molecule has 28 heavy (non-hydrogen) atoms. The van der Waals surface area contributed by atoms with Gasteiger partial charge in [-0.05, 0) is 40.5 Å². The van der Waals surface area contributed by atoms with Crippen LogP contribution in [0.15, 0.2) is 0 Å². The van der Waals surface area contributed by atoms with E-state index in [1.165, 1.54) is 7.11 Å². The van der Waals surface area contributed by atoms with Crippen molar-refractivity contribution in [3.05, 3.63) is 0 Å². The molecular formula is C20H38ClNO6. The van der Waals surface area contributed by atoms with Crippen LogP contribution in [0.4, 0.5) is 0 Å². The number of rotatable bonds is 11. The summed E-state index contributed by atoms with van der Waals surface area (Å²) in [4.78, 5) is 37.1. The maximum absolute atomic E-state index is 12.6. The molecule has 0 amide bonds. The van der Waals surface area contributed by atoms with Crippen molar-refractivity contribution >= 4 is 17.9 Å². The number of methoxy groups -OCH3 is 1. The van der Waals surface area contributed by atoms with Gasteiger partial charge in [-0.15, -0.1) is 0 Å². The molecule has 0 aromatic rings. The maximum Gasteiger partial charge on any atom is 0.311 e. The first-order valence-corrected chi connectivity index (χ1v) is 9.41. The van der Waals surface area contributed by atoms with Gasteiger partial charge in [0.1, 0.15) is 13.2 Å². The van der Waals surface area contributed by atoms with Gasteiger partial charge in [0, 0.05) is 0 Å². The lowest BCUT2D eigenvalue weighted by molar-refractivity contribution is -0.870. The molecule has 166 valence electrons. The third-order valence-electron chi connectivity index (χ3n) is 4.50. The number of quaternary nitrogens is 1. The van der Waals surface area contributed by atoms with Gasteiger partial charge in [0.15, 0.2) is 0 Å². The Morgan fingerprint density at radius 1 is 1.00 bits per heavy atom. The molecule has 0 saturated heterocycles. The van der Waals surface area contributed by atoms with Crippen molar-refractivity contribution < 1.29 is 45.5 Å². The number of carbonyl (C=O) groups excluding carboxylic acids is 3. The van der Waals surface area contributed by atoms with Gasteiger partial charge >= 0.3 is 17.9 Å². The molecule has 0 rings (SSSR count). The largest absolute Gasteiger partial charge is 1.00 e. The number of halogens is 1. The molecule has 0 aromatic heterocycles. The molecule has 0 aliphatic heterocycles. The van der Waals surface area contributed by atoms with Crippen LogP contribution in [0.1, 0.15) is 47.5 Å². The summed E-state index contributed by atoms with van der Waals surface area (Å²) in [7, 11) is 7.36. The van der Waals surface area contributed by atoms with Crippen molar-refractivity contribution in [3.63, 3.8) is 0 Å². The Morgan fingerprint density at radius 2 is 1.54 bits per heavy atom. The smallest absolute Gasteiger partial charge is 0.311 e. The van der Waals surface area contributed by atoms with Crippen LogP contribution >= 0.6 is 0 Å². The van der Waals surface area contributed by atoms with Gasteiger partial charge in [0.05, 0.1) is 51.6 Å². The minimum absolute atomic E-state index is 0. The lowest BCUT2D eigenvalue weighted by Crippen LogP contribution is -3.00. The number of likely N-dealkylation sites (N-methyl/N-ethyl adjacent to an activating group) is 1. The van der Waals surface area contributed by atoms with E-state index in [0.29, 0.717) is 17.6 Å². The second-order valence-corrected chi connectivity index (χ2v) is 9.12. The first-order chi connectivity index (χ1) is 12.2. The summed E-state index contributed by atoms with van der Waals surface area (Å²) in [6.07, 6.45) is 0.438. The summed E-state index contributed by atoms with van der Waals surface area (Å²) in [6, 6.07) is 0. The first-order valence-electron chi connectivity index (χ1n) is 9.41. The first kappa shape index (κ1) is 28.9. The van der Waals surface area contributed by atoms with E-state index >= 15 is 0 Å². The van der Waals surface area contributed by atoms with E-state index in [1.807, 2.05) is 21.1 Å². The van der Waals surface area contributed by atoms with Gasteiger partial charge in [-0.25, -0.2) is 0 Å². The second kappa shape index (κ2) is 11.6. The molecule has 0 heterocycles. The molecule has 0 saturated carbocycles. The summed E-state index contributed by atoms with van der Waals surface area (Å²) in [5, 5.41) is 0. The topological polar surface area (TPSA) is 78.9 Å². The second-order valence-electron chi connectivity index (χ2n) is 9.12. The minimum Gasteiger partial charge on any atom is -1.00 e. The van der Waals surface area contributed by atoms with E-state index in [0.717, 1.165) is 0 Å². The summed E-state index contributed by atoms with van der Waals surface area (Å²) in [6.45, 7) is 9.94. The molecule has 0 radical (unpaired) electrons. The van der Waals surface area contributed by atoms with Crippen molar-refractivity contribution in [1.29, 1.82) is 0 Å². The molecule has 0 aromatic carbocycles. The van der Waals surface area contributed by atoms with Crippen molar-refractivity contribution in [2.75, 3.05) is 48.0 Å². The van der Waals surface area contributed by atoms with E-state index in [1.54, 1.807) is 34.6 Å². The molecule has 7 nitrogen and oxygen atoms in total. The summed E-state index contributed by atoms with van der Waals surface area (Å²) >= 11 is 0. The monoisotopic (exact) mass is 423 g/mol. The van der Waals surface area contributed by atoms with E-state index in [2.05, 4.69) is 0 Å². The van der Waals surface area contributed by atoms with E-state index in [4.69, 9.17) is 14.2 Å². The molecule has 2 atom stereocenters. The molecule has 0 bridgehead atoms. The van der Waals surface area contributed by atoms with Crippen LogP contribution in [0.3, 0.4) is 0 Å². The van der Waals surface area contributed by atoms with Crippen LogP contribution in [0.2, 0.25) is 0 Å². The fourth-order valence-electron chi connectivity index (χ4n) is 3.17. The number of nitrogens with zero attached hydrogens (tertiary/aromatic N) is 1. The lowest BCUT2D eigenvalue weighted by atomic mass is 9.70. The number of ether oxygens (including phenoxy) is 3. The fourth-order valence-corrected chi connectivity index (χ4v) is 3.17. The maximum atomic E-state index is 12.6. The number of hydrogen-bond acceptors (Lipinski definition) is 6. The molecule has 0 spiro atoms. The predicted molar refractivity (Wildman–Crippen MR) is 103 cm³/mol. The average molecular weight is 424 g/mol. The van der Waals surface area contributed by atoms with Crippen LogP contribution in [0.25, 0.3) is 0 Å². The molecule has 2 unspecified atom stereocenters. The highest BCUT2D eigenvalue weighted by Gasteiger charge is 2.45. The summed E-state index contributed by atoms with van der Waals surface area (Å²) in [5.41, 5.74) is -1.91. The SMILES string of the molecule is CCOC(=O)C(C)CC(C)(CC(C)(C)C(=O)OCC[N+](C)(C)C)C(=O)OC.[Cl-]. The van der Waals surface area contributed by atoms with Gasteiger partial charge in [0.2, 0.25) is 0 Å². The quantitative estimate of drug-likeness (QED) is 0.251. The molecule has 0 aliphatic carbocycles. The van der Waals surface area contributed by atoms with Gasteiger partial charge in [-0.3, -0.25) is 14.4 Å². The number of hydrogen-bond donors (Lipinski definition) is 0. The Labute approximate surface area is 176 Å². The van der Waals surface area contributed by atoms with Crippen molar-refractivity contribution in [2.24, 2.45) is 16.7 Å². The number of carbonyl (C=O) groups is 3. The Hall–Kier alpha value is -1.34.